The van der Waals surface area contributed by atoms with Crippen LogP contribution in [-0.2, 0) is 14.3 Å². The van der Waals surface area contributed by atoms with Gasteiger partial charge < -0.3 is 19.5 Å². The largest absolute Gasteiger partial charge is 0.485 e. The van der Waals surface area contributed by atoms with Crippen molar-refractivity contribution in [1.82, 2.24) is 5.32 Å². The van der Waals surface area contributed by atoms with E-state index in [1.165, 1.54) is 6.92 Å². The van der Waals surface area contributed by atoms with E-state index in [-0.39, 0.29) is 18.1 Å². The van der Waals surface area contributed by atoms with E-state index in [0.29, 0.717) is 11.5 Å². The van der Waals surface area contributed by atoms with Crippen LogP contribution in [0.3, 0.4) is 0 Å². The molecule has 6 heteroatoms. The molecule has 1 aromatic carbocycles. The Morgan fingerprint density at radius 1 is 1.27 bits per heavy atom. The molecule has 0 fully saturated rings. The first-order chi connectivity index (χ1) is 10.3. The van der Waals surface area contributed by atoms with Crippen LogP contribution in [0.4, 0.5) is 0 Å². The SMILES string of the molecule is C[C@H](OC(=O)[C@H]1COc2ccccc2O1)C(=O)NC(C)(C)C. The molecule has 0 radical (unpaired) electrons. The fraction of sp³-hybridized carbons (Fsp3) is 0.500. The molecule has 2 atom stereocenters. The second-order valence-corrected chi connectivity index (χ2v) is 6.18. The second-order valence-electron chi connectivity index (χ2n) is 6.18. The molecule has 0 aliphatic carbocycles. The topological polar surface area (TPSA) is 73.9 Å². The standard InChI is InChI=1S/C16H21NO5/c1-10(14(18)17-16(2,3)4)21-15(19)13-9-20-11-7-5-6-8-12(11)22-13/h5-8,10,13H,9H2,1-4H3,(H,17,18)/t10-,13+/m0/s1. The number of para-hydroxylation sites is 2. The van der Waals surface area contributed by atoms with Gasteiger partial charge in [-0.2, -0.15) is 0 Å². The number of hydrogen-bond acceptors (Lipinski definition) is 5. The molecule has 0 saturated carbocycles. The predicted octanol–water partition coefficient (Wildman–Crippen LogP) is 1.67. The van der Waals surface area contributed by atoms with Gasteiger partial charge in [0.2, 0.25) is 6.10 Å². The summed E-state index contributed by atoms with van der Waals surface area (Å²) in [6.07, 6.45) is -1.77. The van der Waals surface area contributed by atoms with Crippen LogP contribution in [0.1, 0.15) is 27.7 Å². The minimum atomic E-state index is -0.896. The van der Waals surface area contributed by atoms with Crippen LogP contribution in [0.2, 0.25) is 0 Å². The van der Waals surface area contributed by atoms with Crippen LogP contribution >= 0.6 is 0 Å². The van der Waals surface area contributed by atoms with Crippen LogP contribution in [0.25, 0.3) is 0 Å². The molecule has 0 saturated heterocycles. The lowest BCUT2D eigenvalue weighted by atomic mass is 10.1. The highest BCUT2D eigenvalue weighted by Crippen LogP contribution is 2.31. The van der Waals surface area contributed by atoms with Gasteiger partial charge >= 0.3 is 5.97 Å². The molecule has 1 aliphatic heterocycles. The quantitative estimate of drug-likeness (QED) is 0.860. The number of amides is 1. The van der Waals surface area contributed by atoms with E-state index < -0.39 is 18.2 Å². The lowest BCUT2D eigenvalue weighted by molar-refractivity contribution is -0.164. The summed E-state index contributed by atoms with van der Waals surface area (Å²) in [5.41, 5.74) is -0.388. The summed E-state index contributed by atoms with van der Waals surface area (Å²) in [7, 11) is 0. The van der Waals surface area contributed by atoms with E-state index in [0.717, 1.165) is 0 Å². The zero-order valence-corrected chi connectivity index (χ0v) is 13.2. The second kappa shape index (κ2) is 6.25. The third kappa shape index (κ3) is 4.13. The Bertz CT molecular complexity index is 564. The maximum absolute atomic E-state index is 12.1. The van der Waals surface area contributed by atoms with Crippen LogP contribution < -0.4 is 14.8 Å². The molecule has 0 spiro atoms. The number of benzene rings is 1. The van der Waals surface area contributed by atoms with Gasteiger partial charge in [-0.25, -0.2) is 4.79 Å². The fourth-order valence-electron chi connectivity index (χ4n) is 1.91. The van der Waals surface area contributed by atoms with Crippen molar-refractivity contribution in [3.63, 3.8) is 0 Å². The third-order valence-electron chi connectivity index (χ3n) is 2.93. The number of nitrogens with one attached hydrogen (secondary N) is 1. The molecule has 2 rings (SSSR count). The molecule has 6 nitrogen and oxygen atoms in total. The Morgan fingerprint density at radius 2 is 1.91 bits per heavy atom. The minimum absolute atomic E-state index is 0.0590. The van der Waals surface area contributed by atoms with Gasteiger partial charge in [-0.15, -0.1) is 0 Å². The number of hydrogen-bond donors (Lipinski definition) is 1. The van der Waals surface area contributed by atoms with E-state index in [2.05, 4.69) is 5.32 Å². The Morgan fingerprint density at radius 3 is 2.55 bits per heavy atom. The molecule has 0 aromatic heterocycles. The Kier molecular flexibility index (Phi) is 4.59. The third-order valence-corrected chi connectivity index (χ3v) is 2.93. The normalized spacial score (nSPS) is 18.3. The average molecular weight is 307 g/mol. The molecular weight excluding hydrogens is 286 g/mol. The molecular formula is C16H21NO5. The van der Waals surface area contributed by atoms with E-state index in [1.54, 1.807) is 18.2 Å². The molecule has 1 aliphatic rings. The first kappa shape index (κ1) is 16.1. The zero-order chi connectivity index (χ0) is 16.3. The summed E-state index contributed by atoms with van der Waals surface area (Å²) in [5, 5.41) is 2.75. The number of esters is 1. The van der Waals surface area contributed by atoms with Gasteiger partial charge in [0.05, 0.1) is 0 Å². The van der Waals surface area contributed by atoms with Crippen molar-refractivity contribution < 1.29 is 23.8 Å². The van der Waals surface area contributed by atoms with Gasteiger partial charge in [0.1, 0.15) is 6.61 Å². The van der Waals surface area contributed by atoms with Crippen molar-refractivity contribution in [2.45, 2.75) is 45.4 Å². The van der Waals surface area contributed by atoms with Gasteiger partial charge in [-0.05, 0) is 39.8 Å². The van der Waals surface area contributed by atoms with Crippen molar-refractivity contribution in [3.05, 3.63) is 24.3 Å². The average Bonchev–Trinajstić information content (AvgIpc) is 2.44. The predicted molar refractivity (Wildman–Crippen MR) is 79.8 cm³/mol. The summed E-state index contributed by atoms with van der Waals surface area (Å²) < 4.78 is 16.2. The van der Waals surface area contributed by atoms with Crippen LogP contribution in [-0.4, -0.2) is 36.2 Å². The number of carbonyl (C=O) groups is 2. The monoisotopic (exact) mass is 307 g/mol. The summed E-state index contributed by atoms with van der Waals surface area (Å²) in [4.78, 5) is 24.0. The van der Waals surface area contributed by atoms with Crippen LogP contribution in [0.15, 0.2) is 24.3 Å². The van der Waals surface area contributed by atoms with E-state index in [1.807, 2.05) is 26.8 Å². The maximum atomic E-state index is 12.1. The first-order valence-electron chi connectivity index (χ1n) is 7.17. The lowest BCUT2D eigenvalue weighted by Gasteiger charge is -2.27. The van der Waals surface area contributed by atoms with Crippen LogP contribution in [0, 0.1) is 0 Å². The van der Waals surface area contributed by atoms with Crippen LogP contribution in [0.5, 0.6) is 11.5 Å². The van der Waals surface area contributed by atoms with Crippen molar-refractivity contribution in [3.8, 4) is 11.5 Å². The maximum Gasteiger partial charge on any atom is 0.351 e. The first-order valence-corrected chi connectivity index (χ1v) is 7.17. The van der Waals surface area contributed by atoms with E-state index in [4.69, 9.17) is 14.2 Å². The molecule has 0 unspecified atom stereocenters. The highest BCUT2D eigenvalue weighted by molar-refractivity contribution is 5.85. The number of rotatable bonds is 3. The summed E-state index contributed by atoms with van der Waals surface area (Å²) in [6.45, 7) is 7.15. The zero-order valence-electron chi connectivity index (χ0n) is 13.2. The highest BCUT2D eigenvalue weighted by Gasteiger charge is 2.31. The smallest absolute Gasteiger partial charge is 0.351 e. The molecule has 1 amide bonds. The van der Waals surface area contributed by atoms with Crippen molar-refractivity contribution in [2.75, 3.05) is 6.61 Å². The lowest BCUT2D eigenvalue weighted by Crippen LogP contribution is -2.48. The molecule has 1 aromatic rings. The highest BCUT2D eigenvalue weighted by atomic mass is 16.6. The molecule has 0 bridgehead atoms. The summed E-state index contributed by atoms with van der Waals surface area (Å²) >= 11 is 0. The van der Waals surface area contributed by atoms with E-state index >= 15 is 0 Å². The number of fused-ring (bicyclic) bond motifs is 1. The fourth-order valence-corrected chi connectivity index (χ4v) is 1.91. The number of carbonyl (C=O) groups excluding carboxylic acids is 2. The molecule has 22 heavy (non-hydrogen) atoms. The Balaban J connectivity index is 1.92. The molecule has 1 heterocycles. The Hall–Kier alpha value is -2.24. The molecule has 1 N–H and O–H groups in total. The molecule has 120 valence electrons. The van der Waals surface area contributed by atoms with E-state index in [9.17, 15) is 9.59 Å². The van der Waals surface area contributed by atoms with Gasteiger partial charge in [0, 0.05) is 5.54 Å². The van der Waals surface area contributed by atoms with Gasteiger partial charge in [0.15, 0.2) is 17.6 Å². The van der Waals surface area contributed by atoms with Crippen molar-refractivity contribution in [2.24, 2.45) is 0 Å². The minimum Gasteiger partial charge on any atom is -0.485 e. The van der Waals surface area contributed by atoms with Crippen molar-refractivity contribution >= 4 is 11.9 Å². The Labute approximate surface area is 129 Å². The van der Waals surface area contributed by atoms with Crippen molar-refractivity contribution in [1.29, 1.82) is 0 Å². The van der Waals surface area contributed by atoms with Gasteiger partial charge in [-0.3, -0.25) is 4.79 Å². The number of ether oxygens (including phenoxy) is 3. The summed E-state index contributed by atoms with van der Waals surface area (Å²) in [6, 6.07) is 7.08. The summed E-state index contributed by atoms with van der Waals surface area (Å²) in [5.74, 6) is 0.108. The van der Waals surface area contributed by atoms with Gasteiger partial charge in [0.25, 0.3) is 5.91 Å². The van der Waals surface area contributed by atoms with Gasteiger partial charge in [-0.1, -0.05) is 12.1 Å².